The molecule has 1 amide bonds. The van der Waals surface area contributed by atoms with Crippen LogP contribution in [0.1, 0.15) is 46.5 Å². The second-order valence-corrected chi connectivity index (χ2v) is 5.29. The zero-order chi connectivity index (χ0) is 12.7. The van der Waals surface area contributed by atoms with Gasteiger partial charge in [-0.05, 0) is 38.3 Å². The number of hydrogen-bond donors (Lipinski definition) is 0. The van der Waals surface area contributed by atoms with E-state index in [0.717, 1.165) is 32.1 Å². The molecule has 0 aromatic rings. The van der Waals surface area contributed by atoms with Crippen LogP contribution >= 0.6 is 0 Å². The van der Waals surface area contributed by atoms with E-state index in [0.29, 0.717) is 12.5 Å². The third-order valence-electron chi connectivity index (χ3n) is 3.77. The van der Waals surface area contributed by atoms with Crippen LogP contribution in [0.5, 0.6) is 0 Å². The van der Waals surface area contributed by atoms with Gasteiger partial charge in [-0.1, -0.05) is 27.2 Å². The molecule has 1 aliphatic heterocycles. The summed E-state index contributed by atoms with van der Waals surface area (Å²) in [7, 11) is 0. The van der Waals surface area contributed by atoms with Gasteiger partial charge in [-0.25, -0.2) is 0 Å². The number of nitrogens with zero attached hydrogens (tertiary/aromatic N) is 2. The predicted octanol–water partition coefficient (Wildman–Crippen LogP) is 2.37. The number of likely N-dealkylation sites (N-methyl/N-ethyl adjacent to an activating group) is 1. The fraction of sp³-hybridized carbons (Fsp3) is 0.929. The Morgan fingerprint density at radius 1 is 1.29 bits per heavy atom. The highest BCUT2D eigenvalue weighted by molar-refractivity contribution is 5.78. The lowest BCUT2D eigenvalue weighted by Gasteiger charge is -2.32. The van der Waals surface area contributed by atoms with Gasteiger partial charge in [0.15, 0.2) is 0 Å². The molecule has 1 rings (SSSR count). The van der Waals surface area contributed by atoms with Crippen molar-refractivity contribution >= 4 is 5.91 Å². The molecule has 1 heterocycles. The Hall–Kier alpha value is -0.570. The molecule has 0 N–H and O–H groups in total. The smallest absolute Gasteiger partial charge is 0.236 e. The molecule has 0 aromatic carbocycles. The lowest BCUT2D eigenvalue weighted by Crippen LogP contribution is -2.44. The molecule has 0 radical (unpaired) electrons. The Morgan fingerprint density at radius 2 is 1.94 bits per heavy atom. The van der Waals surface area contributed by atoms with Crippen LogP contribution in [0.2, 0.25) is 0 Å². The normalized spacial score (nSPS) is 17.8. The van der Waals surface area contributed by atoms with Crippen molar-refractivity contribution in [2.24, 2.45) is 5.92 Å². The van der Waals surface area contributed by atoms with Gasteiger partial charge in [0.2, 0.25) is 5.91 Å². The number of hydrogen-bond acceptors (Lipinski definition) is 2. The van der Waals surface area contributed by atoms with Crippen LogP contribution in [0, 0.1) is 5.92 Å². The van der Waals surface area contributed by atoms with Crippen molar-refractivity contribution < 1.29 is 4.79 Å². The number of unbranched alkanes of at least 4 members (excludes halogenated alkanes) is 1. The summed E-state index contributed by atoms with van der Waals surface area (Å²) in [5.74, 6) is 1.12. The molecule has 3 nitrogen and oxygen atoms in total. The first-order valence-corrected chi connectivity index (χ1v) is 7.17. The Bertz CT molecular complexity index is 222. The maximum atomic E-state index is 12.1. The van der Waals surface area contributed by atoms with E-state index in [2.05, 4.69) is 30.6 Å². The van der Waals surface area contributed by atoms with Gasteiger partial charge in [-0.15, -0.1) is 0 Å². The summed E-state index contributed by atoms with van der Waals surface area (Å²) >= 11 is 0. The van der Waals surface area contributed by atoms with E-state index in [1.165, 1.54) is 25.7 Å². The van der Waals surface area contributed by atoms with Crippen LogP contribution in [0.4, 0.5) is 0 Å². The highest BCUT2D eigenvalue weighted by Crippen LogP contribution is 2.16. The van der Waals surface area contributed by atoms with E-state index in [-0.39, 0.29) is 0 Å². The molecule has 1 saturated heterocycles. The van der Waals surface area contributed by atoms with Crippen LogP contribution in [0.15, 0.2) is 0 Å². The lowest BCUT2D eigenvalue weighted by molar-refractivity contribution is -0.133. The molecule has 0 unspecified atom stereocenters. The van der Waals surface area contributed by atoms with Gasteiger partial charge in [-0.2, -0.15) is 0 Å². The first kappa shape index (κ1) is 14.5. The van der Waals surface area contributed by atoms with Crippen molar-refractivity contribution in [1.29, 1.82) is 0 Å². The molecular weight excluding hydrogens is 212 g/mol. The Balaban J connectivity index is 2.31. The van der Waals surface area contributed by atoms with Crippen LogP contribution in [0.25, 0.3) is 0 Å². The quantitative estimate of drug-likeness (QED) is 0.711. The van der Waals surface area contributed by atoms with Crippen molar-refractivity contribution in [3.05, 3.63) is 0 Å². The third-order valence-corrected chi connectivity index (χ3v) is 3.77. The van der Waals surface area contributed by atoms with Gasteiger partial charge in [0.1, 0.15) is 0 Å². The molecule has 17 heavy (non-hydrogen) atoms. The average molecular weight is 240 g/mol. The standard InChI is InChI=1S/C14H28N2O/c1-4-6-9-15(5-2)12-14(17)16-10-7-13(3)8-11-16/h13H,4-12H2,1-3H3. The molecule has 0 aliphatic carbocycles. The number of likely N-dealkylation sites (tertiary alicyclic amines) is 1. The second kappa shape index (κ2) is 7.70. The lowest BCUT2D eigenvalue weighted by atomic mass is 9.99. The van der Waals surface area contributed by atoms with E-state index in [1.54, 1.807) is 0 Å². The van der Waals surface area contributed by atoms with Gasteiger partial charge in [0, 0.05) is 13.1 Å². The summed E-state index contributed by atoms with van der Waals surface area (Å²) in [6, 6.07) is 0. The molecule has 0 saturated carbocycles. The summed E-state index contributed by atoms with van der Waals surface area (Å²) in [5.41, 5.74) is 0. The Kier molecular flexibility index (Phi) is 6.56. The number of piperidine rings is 1. The zero-order valence-corrected chi connectivity index (χ0v) is 11.7. The fourth-order valence-corrected chi connectivity index (χ4v) is 2.28. The maximum Gasteiger partial charge on any atom is 0.236 e. The maximum absolute atomic E-state index is 12.1. The molecule has 1 fully saturated rings. The van der Waals surface area contributed by atoms with Gasteiger partial charge in [0.05, 0.1) is 6.54 Å². The highest BCUT2D eigenvalue weighted by Gasteiger charge is 2.21. The number of carbonyl (C=O) groups excluding carboxylic acids is 1. The molecule has 0 aromatic heterocycles. The van der Waals surface area contributed by atoms with Crippen LogP contribution < -0.4 is 0 Å². The number of rotatable bonds is 6. The monoisotopic (exact) mass is 240 g/mol. The van der Waals surface area contributed by atoms with Crippen molar-refractivity contribution in [3.63, 3.8) is 0 Å². The summed E-state index contributed by atoms with van der Waals surface area (Å²) in [4.78, 5) is 16.4. The zero-order valence-electron chi connectivity index (χ0n) is 11.7. The molecule has 0 atom stereocenters. The minimum Gasteiger partial charge on any atom is -0.342 e. The van der Waals surface area contributed by atoms with Crippen LogP contribution in [0.3, 0.4) is 0 Å². The van der Waals surface area contributed by atoms with Gasteiger partial charge in [0.25, 0.3) is 0 Å². The summed E-state index contributed by atoms with van der Waals surface area (Å²) in [6.45, 7) is 11.2. The summed E-state index contributed by atoms with van der Waals surface area (Å²) in [5, 5.41) is 0. The van der Waals surface area contributed by atoms with Crippen molar-refractivity contribution in [2.45, 2.75) is 46.5 Å². The Morgan fingerprint density at radius 3 is 2.47 bits per heavy atom. The number of carbonyl (C=O) groups is 1. The SMILES string of the molecule is CCCCN(CC)CC(=O)N1CCC(C)CC1. The third kappa shape index (κ3) is 5.07. The van der Waals surface area contributed by atoms with Crippen molar-refractivity contribution in [1.82, 2.24) is 9.80 Å². The first-order valence-electron chi connectivity index (χ1n) is 7.17. The molecule has 100 valence electrons. The predicted molar refractivity (Wildman–Crippen MR) is 72.0 cm³/mol. The summed E-state index contributed by atoms with van der Waals surface area (Å²) in [6.07, 6.45) is 4.74. The highest BCUT2D eigenvalue weighted by atomic mass is 16.2. The van der Waals surface area contributed by atoms with Crippen LogP contribution in [-0.4, -0.2) is 48.4 Å². The molecule has 3 heteroatoms. The van der Waals surface area contributed by atoms with E-state index in [9.17, 15) is 4.79 Å². The molecule has 0 bridgehead atoms. The molecular formula is C14H28N2O. The number of amides is 1. The minimum atomic E-state index is 0.329. The fourth-order valence-electron chi connectivity index (χ4n) is 2.28. The van der Waals surface area contributed by atoms with Gasteiger partial charge in [-0.3, -0.25) is 9.69 Å². The van der Waals surface area contributed by atoms with E-state index in [4.69, 9.17) is 0 Å². The average Bonchev–Trinajstić information content (AvgIpc) is 2.35. The first-order chi connectivity index (χ1) is 8.17. The van der Waals surface area contributed by atoms with Gasteiger partial charge >= 0.3 is 0 Å². The molecule has 0 spiro atoms. The Labute approximate surface area is 106 Å². The van der Waals surface area contributed by atoms with E-state index < -0.39 is 0 Å². The van der Waals surface area contributed by atoms with Gasteiger partial charge < -0.3 is 4.90 Å². The van der Waals surface area contributed by atoms with Crippen molar-refractivity contribution in [3.8, 4) is 0 Å². The summed E-state index contributed by atoms with van der Waals surface area (Å²) < 4.78 is 0. The van der Waals surface area contributed by atoms with Crippen LogP contribution in [-0.2, 0) is 4.79 Å². The largest absolute Gasteiger partial charge is 0.342 e. The van der Waals surface area contributed by atoms with E-state index >= 15 is 0 Å². The second-order valence-electron chi connectivity index (χ2n) is 5.29. The van der Waals surface area contributed by atoms with Crippen molar-refractivity contribution in [2.75, 3.05) is 32.7 Å². The van der Waals surface area contributed by atoms with E-state index in [1.807, 2.05) is 0 Å². The topological polar surface area (TPSA) is 23.6 Å². The molecule has 1 aliphatic rings. The minimum absolute atomic E-state index is 0.329.